The molecular formula is C9H11Cl2N3O. The van der Waals surface area contributed by atoms with Gasteiger partial charge in [0.1, 0.15) is 10.8 Å². The van der Waals surface area contributed by atoms with Gasteiger partial charge in [-0.05, 0) is 6.92 Å². The van der Waals surface area contributed by atoms with E-state index in [0.717, 1.165) is 13.1 Å². The van der Waals surface area contributed by atoms with Gasteiger partial charge in [0, 0.05) is 13.1 Å². The number of halogens is 2. The first-order valence-electron chi connectivity index (χ1n) is 4.71. The average molecular weight is 248 g/mol. The first kappa shape index (κ1) is 10.9. The summed E-state index contributed by atoms with van der Waals surface area (Å²) >= 11 is 12.0. The molecule has 0 aromatic carbocycles. The zero-order chi connectivity index (χ0) is 10.8. The second kappa shape index (κ2) is 4.51. The van der Waals surface area contributed by atoms with Crippen molar-refractivity contribution in [3.8, 4) is 0 Å². The van der Waals surface area contributed by atoms with Gasteiger partial charge in [-0.25, -0.2) is 9.97 Å². The van der Waals surface area contributed by atoms with Gasteiger partial charge in [0.2, 0.25) is 0 Å². The summed E-state index contributed by atoms with van der Waals surface area (Å²) in [5, 5.41) is 0.731. The molecule has 82 valence electrons. The van der Waals surface area contributed by atoms with Crippen LogP contribution in [-0.2, 0) is 4.74 Å². The number of nitrogens with zero attached hydrogens (tertiary/aromatic N) is 3. The van der Waals surface area contributed by atoms with Crippen LogP contribution in [-0.4, -0.2) is 36.3 Å². The van der Waals surface area contributed by atoms with Crippen molar-refractivity contribution in [1.82, 2.24) is 9.97 Å². The summed E-state index contributed by atoms with van der Waals surface area (Å²) in [4.78, 5) is 10.4. The van der Waals surface area contributed by atoms with Gasteiger partial charge in [-0.1, -0.05) is 23.2 Å². The average Bonchev–Trinajstić information content (AvgIpc) is 2.24. The molecule has 1 aliphatic rings. The number of hydrogen-bond donors (Lipinski definition) is 0. The molecule has 0 spiro atoms. The Bertz CT molecular complexity index is 367. The van der Waals surface area contributed by atoms with Crippen LogP contribution in [0.2, 0.25) is 10.2 Å². The second-order valence-corrected chi connectivity index (χ2v) is 4.03. The zero-order valence-corrected chi connectivity index (χ0v) is 9.85. The van der Waals surface area contributed by atoms with Crippen LogP contribution in [0.15, 0.2) is 0 Å². The van der Waals surface area contributed by atoms with Crippen LogP contribution < -0.4 is 4.90 Å². The van der Waals surface area contributed by atoms with Gasteiger partial charge in [0.05, 0.1) is 13.2 Å². The standard InChI is InChI=1S/C9H11Cl2N3O/c1-6-12-8(11)7(10)9(13-6)14-2-4-15-5-3-14/h2-5H2,1H3. The first-order valence-corrected chi connectivity index (χ1v) is 5.46. The third-order valence-corrected chi connectivity index (χ3v) is 2.93. The Morgan fingerprint density at radius 2 is 1.87 bits per heavy atom. The van der Waals surface area contributed by atoms with Gasteiger partial charge in [-0.15, -0.1) is 0 Å². The highest BCUT2D eigenvalue weighted by atomic mass is 35.5. The lowest BCUT2D eigenvalue weighted by molar-refractivity contribution is 0.122. The second-order valence-electron chi connectivity index (χ2n) is 3.30. The van der Waals surface area contributed by atoms with Crippen LogP contribution in [0.4, 0.5) is 5.82 Å². The van der Waals surface area contributed by atoms with Gasteiger partial charge in [-0.2, -0.15) is 0 Å². The van der Waals surface area contributed by atoms with E-state index in [1.165, 1.54) is 0 Å². The minimum Gasteiger partial charge on any atom is -0.378 e. The van der Waals surface area contributed by atoms with Crippen molar-refractivity contribution in [2.75, 3.05) is 31.2 Å². The summed E-state index contributed by atoms with van der Waals surface area (Å²) in [5.74, 6) is 1.34. The molecule has 0 radical (unpaired) electrons. The number of hydrogen-bond acceptors (Lipinski definition) is 4. The van der Waals surface area contributed by atoms with Crippen LogP contribution in [0.25, 0.3) is 0 Å². The Hall–Kier alpha value is -0.580. The maximum atomic E-state index is 6.06. The predicted octanol–water partition coefficient (Wildman–Crippen LogP) is 1.93. The van der Waals surface area contributed by atoms with E-state index in [1.54, 1.807) is 6.92 Å². The molecular weight excluding hydrogens is 237 g/mol. The molecule has 2 heterocycles. The summed E-state index contributed by atoms with van der Waals surface area (Å²) in [6.45, 7) is 4.75. The SMILES string of the molecule is Cc1nc(Cl)c(Cl)c(N2CCOCC2)n1. The summed E-state index contributed by atoms with van der Waals surface area (Å²) in [5.41, 5.74) is 0. The maximum absolute atomic E-state index is 6.06. The van der Waals surface area contributed by atoms with Crippen LogP contribution in [0.3, 0.4) is 0 Å². The third kappa shape index (κ3) is 2.33. The quantitative estimate of drug-likeness (QED) is 0.712. The van der Waals surface area contributed by atoms with E-state index in [1.807, 2.05) is 0 Å². The van der Waals surface area contributed by atoms with Gasteiger partial charge in [-0.3, -0.25) is 0 Å². The summed E-state index contributed by atoms with van der Waals surface area (Å²) in [6, 6.07) is 0. The molecule has 0 saturated carbocycles. The lowest BCUT2D eigenvalue weighted by Gasteiger charge is -2.28. The van der Waals surface area contributed by atoms with Gasteiger partial charge in [0.15, 0.2) is 11.0 Å². The van der Waals surface area contributed by atoms with E-state index in [-0.39, 0.29) is 0 Å². The van der Waals surface area contributed by atoms with E-state index in [2.05, 4.69) is 14.9 Å². The molecule has 2 rings (SSSR count). The van der Waals surface area contributed by atoms with Crippen LogP contribution >= 0.6 is 23.2 Å². The van der Waals surface area contributed by atoms with Crippen molar-refractivity contribution in [1.29, 1.82) is 0 Å². The molecule has 1 saturated heterocycles. The summed E-state index contributed by atoms with van der Waals surface area (Å²) in [6.07, 6.45) is 0. The Labute approximate surface area is 98.2 Å². The molecule has 1 aliphatic heterocycles. The van der Waals surface area contributed by atoms with Gasteiger partial charge < -0.3 is 9.64 Å². The van der Waals surface area contributed by atoms with Crippen molar-refractivity contribution in [3.63, 3.8) is 0 Å². The molecule has 6 heteroatoms. The Balaban J connectivity index is 2.33. The molecule has 0 N–H and O–H groups in total. The van der Waals surface area contributed by atoms with E-state index < -0.39 is 0 Å². The number of ether oxygens (including phenoxy) is 1. The minimum atomic E-state index is 0.311. The number of anilines is 1. The molecule has 15 heavy (non-hydrogen) atoms. The summed E-state index contributed by atoms with van der Waals surface area (Å²) in [7, 11) is 0. The smallest absolute Gasteiger partial charge is 0.153 e. The zero-order valence-electron chi connectivity index (χ0n) is 8.33. The third-order valence-electron chi connectivity index (χ3n) is 2.22. The fourth-order valence-electron chi connectivity index (χ4n) is 1.50. The minimum absolute atomic E-state index is 0.311. The number of aryl methyl sites for hydroxylation is 1. The summed E-state index contributed by atoms with van der Waals surface area (Å²) < 4.78 is 5.26. The lowest BCUT2D eigenvalue weighted by atomic mass is 10.4. The first-order chi connectivity index (χ1) is 7.18. The Morgan fingerprint density at radius 1 is 1.20 bits per heavy atom. The van der Waals surface area contributed by atoms with Gasteiger partial charge >= 0.3 is 0 Å². The van der Waals surface area contributed by atoms with E-state index in [4.69, 9.17) is 27.9 Å². The van der Waals surface area contributed by atoms with Crippen molar-refractivity contribution in [2.24, 2.45) is 0 Å². The number of aromatic nitrogens is 2. The Morgan fingerprint density at radius 3 is 2.53 bits per heavy atom. The van der Waals surface area contributed by atoms with Crippen molar-refractivity contribution < 1.29 is 4.74 Å². The maximum Gasteiger partial charge on any atom is 0.153 e. The topological polar surface area (TPSA) is 38.2 Å². The fraction of sp³-hybridized carbons (Fsp3) is 0.556. The highest BCUT2D eigenvalue weighted by molar-refractivity contribution is 6.42. The van der Waals surface area contributed by atoms with Crippen molar-refractivity contribution >= 4 is 29.0 Å². The number of morpholine rings is 1. The molecule has 1 aromatic heterocycles. The molecule has 1 aromatic rings. The van der Waals surface area contributed by atoms with Crippen LogP contribution in [0, 0.1) is 6.92 Å². The molecule has 0 unspecified atom stereocenters. The molecule has 0 bridgehead atoms. The monoisotopic (exact) mass is 247 g/mol. The lowest BCUT2D eigenvalue weighted by Crippen LogP contribution is -2.37. The van der Waals surface area contributed by atoms with Crippen LogP contribution in [0.1, 0.15) is 5.82 Å². The largest absolute Gasteiger partial charge is 0.378 e. The van der Waals surface area contributed by atoms with Crippen molar-refractivity contribution in [2.45, 2.75) is 6.92 Å². The predicted molar refractivity (Wildman–Crippen MR) is 59.8 cm³/mol. The van der Waals surface area contributed by atoms with E-state index >= 15 is 0 Å². The fourth-order valence-corrected chi connectivity index (χ4v) is 1.91. The van der Waals surface area contributed by atoms with E-state index in [9.17, 15) is 0 Å². The molecule has 0 aliphatic carbocycles. The normalized spacial score (nSPS) is 16.9. The van der Waals surface area contributed by atoms with E-state index in [0.29, 0.717) is 35.0 Å². The molecule has 4 nitrogen and oxygen atoms in total. The highest BCUT2D eigenvalue weighted by Crippen LogP contribution is 2.29. The van der Waals surface area contributed by atoms with Gasteiger partial charge in [0.25, 0.3) is 0 Å². The Kier molecular flexibility index (Phi) is 3.29. The number of rotatable bonds is 1. The highest BCUT2D eigenvalue weighted by Gasteiger charge is 2.18. The van der Waals surface area contributed by atoms with Crippen molar-refractivity contribution in [3.05, 3.63) is 16.0 Å². The van der Waals surface area contributed by atoms with Crippen LogP contribution in [0.5, 0.6) is 0 Å². The molecule has 0 amide bonds. The molecule has 1 fully saturated rings. The molecule has 0 atom stereocenters.